The van der Waals surface area contributed by atoms with Crippen molar-refractivity contribution < 1.29 is 14.3 Å². The zero-order valence-electron chi connectivity index (χ0n) is 15.3. The highest BCUT2D eigenvalue weighted by molar-refractivity contribution is 6.06. The van der Waals surface area contributed by atoms with Crippen molar-refractivity contribution in [1.29, 1.82) is 5.26 Å². The van der Waals surface area contributed by atoms with Gasteiger partial charge < -0.3 is 14.8 Å². The van der Waals surface area contributed by atoms with Crippen LogP contribution in [0.5, 0.6) is 11.5 Å². The molecule has 0 aliphatic carbocycles. The van der Waals surface area contributed by atoms with Gasteiger partial charge in [0, 0.05) is 5.69 Å². The molecule has 0 unspecified atom stereocenters. The summed E-state index contributed by atoms with van der Waals surface area (Å²) >= 11 is 0. The van der Waals surface area contributed by atoms with Gasteiger partial charge in [-0.05, 0) is 42.0 Å². The zero-order valence-corrected chi connectivity index (χ0v) is 15.3. The number of hydrogen-bond acceptors (Lipinski definition) is 4. The number of amides is 1. The predicted octanol–water partition coefficient (Wildman–Crippen LogP) is 4.46. The lowest BCUT2D eigenvalue weighted by Gasteiger charge is -2.12. The van der Waals surface area contributed by atoms with Crippen LogP contribution in [0.15, 0.2) is 78.9 Å². The summed E-state index contributed by atoms with van der Waals surface area (Å²) in [5.41, 5.74) is 2.14. The quantitative estimate of drug-likeness (QED) is 0.593. The summed E-state index contributed by atoms with van der Waals surface area (Å²) in [4.78, 5) is 12.5. The van der Waals surface area contributed by atoms with Crippen molar-refractivity contribution in [2.45, 2.75) is 6.42 Å². The number of carbonyl (C=O) groups excluding carboxylic acids is 1. The van der Waals surface area contributed by atoms with E-state index < -0.39 is 0 Å². The third-order valence-corrected chi connectivity index (χ3v) is 3.98. The Morgan fingerprint density at radius 2 is 1.54 bits per heavy atom. The highest BCUT2D eigenvalue weighted by atomic mass is 16.5. The van der Waals surface area contributed by atoms with E-state index in [2.05, 4.69) is 11.4 Å². The summed E-state index contributed by atoms with van der Waals surface area (Å²) in [7, 11) is 0. The van der Waals surface area contributed by atoms with E-state index in [9.17, 15) is 4.79 Å². The number of ether oxygens (including phenoxy) is 2. The Kier molecular flexibility index (Phi) is 6.64. The minimum atomic E-state index is -0.226. The molecule has 0 saturated heterocycles. The zero-order chi connectivity index (χ0) is 19.6. The fourth-order valence-corrected chi connectivity index (χ4v) is 2.61. The number of anilines is 1. The van der Waals surface area contributed by atoms with Gasteiger partial charge >= 0.3 is 0 Å². The lowest BCUT2D eigenvalue weighted by atomic mass is 10.2. The van der Waals surface area contributed by atoms with E-state index in [4.69, 9.17) is 14.7 Å². The van der Waals surface area contributed by atoms with Gasteiger partial charge in [-0.25, -0.2) is 0 Å². The number of benzene rings is 3. The second-order valence-corrected chi connectivity index (χ2v) is 5.99. The third kappa shape index (κ3) is 5.36. The van der Waals surface area contributed by atoms with Crippen LogP contribution in [0.3, 0.4) is 0 Å². The molecule has 0 atom stereocenters. The van der Waals surface area contributed by atoms with Crippen molar-refractivity contribution in [2.75, 3.05) is 18.5 Å². The second-order valence-electron chi connectivity index (χ2n) is 5.99. The molecular weight excluding hydrogens is 352 g/mol. The number of nitrogens with one attached hydrogen (secondary N) is 1. The highest BCUT2D eigenvalue weighted by Gasteiger charge is 2.12. The van der Waals surface area contributed by atoms with E-state index in [-0.39, 0.29) is 5.91 Å². The Balaban J connectivity index is 1.53. The Morgan fingerprint density at radius 3 is 2.29 bits per heavy atom. The van der Waals surface area contributed by atoms with Crippen LogP contribution in [0.4, 0.5) is 5.69 Å². The van der Waals surface area contributed by atoms with Crippen LogP contribution >= 0.6 is 0 Å². The van der Waals surface area contributed by atoms with Crippen LogP contribution in [0, 0.1) is 11.3 Å². The van der Waals surface area contributed by atoms with Crippen molar-refractivity contribution in [3.63, 3.8) is 0 Å². The van der Waals surface area contributed by atoms with Gasteiger partial charge in [-0.2, -0.15) is 5.26 Å². The molecule has 1 N–H and O–H groups in total. The molecule has 0 aromatic heterocycles. The van der Waals surface area contributed by atoms with Crippen LogP contribution in [-0.2, 0) is 6.42 Å². The molecule has 140 valence electrons. The molecule has 0 spiro atoms. The second kappa shape index (κ2) is 9.79. The number of hydrogen-bond donors (Lipinski definition) is 1. The molecule has 5 heteroatoms. The molecule has 28 heavy (non-hydrogen) atoms. The van der Waals surface area contributed by atoms with Crippen LogP contribution < -0.4 is 14.8 Å². The fourth-order valence-electron chi connectivity index (χ4n) is 2.61. The van der Waals surface area contributed by atoms with Crippen molar-refractivity contribution in [3.05, 3.63) is 90.0 Å². The van der Waals surface area contributed by atoms with Crippen LogP contribution in [-0.4, -0.2) is 19.1 Å². The smallest absolute Gasteiger partial charge is 0.259 e. The highest BCUT2D eigenvalue weighted by Crippen LogP contribution is 2.20. The summed E-state index contributed by atoms with van der Waals surface area (Å²) in [5.74, 6) is 0.986. The van der Waals surface area contributed by atoms with E-state index in [0.29, 0.717) is 36.7 Å². The number of rotatable bonds is 8. The van der Waals surface area contributed by atoms with E-state index in [1.807, 2.05) is 60.7 Å². The number of para-hydroxylation sites is 2. The topological polar surface area (TPSA) is 71.3 Å². The van der Waals surface area contributed by atoms with E-state index in [1.165, 1.54) is 0 Å². The Hall–Kier alpha value is -3.78. The first-order valence-electron chi connectivity index (χ1n) is 8.93. The fraction of sp³-hybridized carbons (Fsp3) is 0.130. The molecule has 0 heterocycles. The largest absolute Gasteiger partial charge is 0.490 e. The third-order valence-electron chi connectivity index (χ3n) is 3.98. The average Bonchev–Trinajstić information content (AvgIpc) is 2.73. The summed E-state index contributed by atoms with van der Waals surface area (Å²) in [6.07, 6.45) is 0.380. The van der Waals surface area contributed by atoms with Gasteiger partial charge in [0.15, 0.2) is 0 Å². The van der Waals surface area contributed by atoms with Crippen molar-refractivity contribution in [3.8, 4) is 17.6 Å². The first-order chi connectivity index (χ1) is 13.8. The molecule has 3 aromatic rings. The minimum Gasteiger partial charge on any atom is -0.490 e. The maximum absolute atomic E-state index is 12.5. The molecule has 3 rings (SSSR count). The van der Waals surface area contributed by atoms with Gasteiger partial charge in [-0.15, -0.1) is 0 Å². The monoisotopic (exact) mass is 372 g/mol. The van der Waals surface area contributed by atoms with Crippen molar-refractivity contribution in [1.82, 2.24) is 0 Å². The summed E-state index contributed by atoms with van der Waals surface area (Å²) in [5, 5.41) is 11.5. The molecule has 1 amide bonds. The molecule has 0 bridgehead atoms. The molecule has 0 fully saturated rings. The maximum atomic E-state index is 12.5. The molecule has 0 aliphatic heterocycles. The first kappa shape index (κ1) is 19.0. The number of nitriles is 1. The standard InChI is InChI=1S/C23H20N2O3/c24-15-14-18-10-12-20(13-11-18)27-16-17-28-22-9-5-4-8-21(22)23(26)25-19-6-2-1-3-7-19/h1-13H,14,16-17H2,(H,25,26). The van der Waals surface area contributed by atoms with Crippen LogP contribution in [0.25, 0.3) is 0 Å². The van der Waals surface area contributed by atoms with Crippen LogP contribution in [0.2, 0.25) is 0 Å². The predicted molar refractivity (Wildman–Crippen MR) is 108 cm³/mol. The van der Waals surface area contributed by atoms with E-state index in [0.717, 1.165) is 11.3 Å². The Morgan fingerprint density at radius 1 is 0.857 bits per heavy atom. The van der Waals surface area contributed by atoms with Gasteiger partial charge in [-0.1, -0.05) is 42.5 Å². The lowest BCUT2D eigenvalue weighted by Crippen LogP contribution is -2.15. The Bertz CT molecular complexity index is 948. The molecule has 0 aliphatic rings. The van der Waals surface area contributed by atoms with Gasteiger partial charge in [0.05, 0.1) is 18.1 Å². The van der Waals surface area contributed by atoms with E-state index >= 15 is 0 Å². The summed E-state index contributed by atoms with van der Waals surface area (Å²) < 4.78 is 11.4. The molecule has 5 nitrogen and oxygen atoms in total. The first-order valence-corrected chi connectivity index (χ1v) is 8.93. The SMILES string of the molecule is N#CCc1ccc(OCCOc2ccccc2C(=O)Nc2ccccc2)cc1. The number of carbonyl (C=O) groups is 1. The molecule has 3 aromatic carbocycles. The van der Waals surface area contributed by atoms with Gasteiger partial charge in [0.1, 0.15) is 24.7 Å². The molecule has 0 radical (unpaired) electrons. The average molecular weight is 372 g/mol. The number of nitrogens with zero attached hydrogens (tertiary/aromatic N) is 1. The van der Waals surface area contributed by atoms with Gasteiger partial charge in [-0.3, -0.25) is 4.79 Å². The summed E-state index contributed by atoms with van der Waals surface area (Å²) in [6.45, 7) is 0.641. The summed E-state index contributed by atoms with van der Waals surface area (Å²) in [6, 6.07) is 25.9. The normalized spacial score (nSPS) is 9.96. The van der Waals surface area contributed by atoms with Gasteiger partial charge in [0.25, 0.3) is 5.91 Å². The Labute approximate surface area is 164 Å². The van der Waals surface area contributed by atoms with Gasteiger partial charge in [0.2, 0.25) is 0 Å². The maximum Gasteiger partial charge on any atom is 0.259 e. The minimum absolute atomic E-state index is 0.226. The van der Waals surface area contributed by atoms with Crippen molar-refractivity contribution >= 4 is 11.6 Å². The van der Waals surface area contributed by atoms with Crippen molar-refractivity contribution in [2.24, 2.45) is 0 Å². The molecular formula is C23H20N2O3. The van der Waals surface area contributed by atoms with E-state index in [1.54, 1.807) is 18.2 Å². The lowest BCUT2D eigenvalue weighted by molar-refractivity contribution is 0.102. The van der Waals surface area contributed by atoms with Crippen LogP contribution in [0.1, 0.15) is 15.9 Å². The molecule has 0 saturated carbocycles.